The first-order valence-corrected chi connectivity index (χ1v) is 10.7. The number of benzene rings is 2. The van der Waals surface area contributed by atoms with Crippen LogP contribution in [0.25, 0.3) is 22.2 Å². The first kappa shape index (κ1) is 21.1. The summed E-state index contributed by atoms with van der Waals surface area (Å²) in [5, 5.41) is 10.5. The molecule has 0 bridgehead atoms. The van der Waals surface area contributed by atoms with Gasteiger partial charge in [-0.1, -0.05) is 37.5 Å². The first-order chi connectivity index (χ1) is 14.9. The lowest BCUT2D eigenvalue weighted by Crippen LogP contribution is -2.26. The molecule has 0 unspecified atom stereocenters. The number of hydrogen-bond acceptors (Lipinski definition) is 2. The van der Waals surface area contributed by atoms with Crippen molar-refractivity contribution in [2.24, 2.45) is 0 Å². The van der Waals surface area contributed by atoms with Gasteiger partial charge in [-0.25, -0.2) is 9.18 Å². The van der Waals surface area contributed by atoms with E-state index in [1.807, 2.05) is 10.6 Å². The highest BCUT2D eigenvalue weighted by Gasteiger charge is 2.29. The lowest BCUT2D eigenvalue weighted by atomic mass is 9.81. The zero-order valence-electron chi connectivity index (χ0n) is 17.9. The van der Waals surface area contributed by atoms with E-state index in [0.717, 1.165) is 36.6 Å². The lowest BCUT2D eigenvalue weighted by Gasteiger charge is -2.24. The highest BCUT2D eigenvalue weighted by molar-refractivity contribution is 5.99. The summed E-state index contributed by atoms with van der Waals surface area (Å²) in [6.45, 7) is 0.0168. The molecule has 1 fully saturated rings. The number of carboxylic acid groups (broad SMARTS) is 1. The number of hydrogen-bond donors (Lipinski definition) is 1. The molecule has 1 aromatic heterocycles. The summed E-state index contributed by atoms with van der Waals surface area (Å²) in [6, 6.07) is 11.6. The zero-order valence-corrected chi connectivity index (χ0v) is 17.9. The van der Waals surface area contributed by atoms with Gasteiger partial charge in [0.15, 0.2) is 0 Å². The molecule has 1 aliphatic carbocycles. The molecule has 0 atom stereocenters. The largest absolute Gasteiger partial charge is 0.478 e. The maximum atomic E-state index is 15.0. The van der Waals surface area contributed by atoms with Crippen molar-refractivity contribution >= 4 is 22.8 Å². The minimum atomic E-state index is -1.03. The van der Waals surface area contributed by atoms with Crippen LogP contribution >= 0.6 is 0 Å². The smallest absolute Gasteiger partial charge is 0.335 e. The first-order valence-electron chi connectivity index (χ1n) is 10.7. The van der Waals surface area contributed by atoms with Crippen molar-refractivity contribution < 1.29 is 19.1 Å². The van der Waals surface area contributed by atoms with Crippen molar-refractivity contribution in [1.29, 1.82) is 0 Å². The maximum absolute atomic E-state index is 15.0. The minimum Gasteiger partial charge on any atom is -0.478 e. The third kappa shape index (κ3) is 3.94. The molecule has 0 radical (unpaired) electrons. The Hall–Kier alpha value is -3.15. The van der Waals surface area contributed by atoms with Crippen molar-refractivity contribution in [2.45, 2.75) is 44.6 Å². The fourth-order valence-corrected chi connectivity index (χ4v) is 4.70. The third-order valence-electron chi connectivity index (χ3n) is 6.29. The summed E-state index contributed by atoms with van der Waals surface area (Å²) < 4.78 is 16.8. The van der Waals surface area contributed by atoms with Crippen LogP contribution in [0.5, 0.6) is 0 Å². The highest BCUT2D eigenvalue weighted by Crippen LogP contribution is 2.44. The summed E-state index contributed by atoms with van der Waals surface area (Å²) in [7, 11) is 3.36. The molecule has 1 N–H and O–H groups in total. The number of aromatic carboxylic acids is 1. The van der Waals surface area contributed by atoms with Gasteiger partial charge in [-0.15, -0.1) is 0 Å². The van der Waals surface area contributed by atoms with Crippen LogP contribution in [0.2, 0.25) is 0 Å². The number of carbonyl (C=O) groups excluding carboxylic acids is 1. The monoisotopic (exact) mass is 422 g/mol. The van der Waals surface area contributed by atoms with E-state index in [4.69, 9.17) is 0 Å². The molecule has 1 aliphatic rings. The molecule has 0 aliphatic heterocycles. The summed E-state index contributed by atoms with van der Waals surface area (Å²) >= 11 is 0. The van der Waals surface area contributed by atoms with Crippen LogP contribution in [0.3, 0.4) is 0 Å². The van der Waals surface area contributed by atoms with Gasteiger partial charge >= 0.3 is 5.97 Å². The summed E-state index contributed by atoms with van der Waals surface area (Å²) in [5.74, 6) is -1.26. The molecule has 5 nitrogen and oxygen atoms in total. The summed E-state index contributed by atoms with van der Waals surface area (Å²) in [6.07, 6.45) is 5.41. The Labute approximate surface area is 181 Å². The van der Waals surface area contributed by atoms with Crippen molar-refractivity contribution in [1.82, 2.24) is 9.47 Å². The molecule has 0 saturated heterocycles. The van der Waals surface area contributed by atoms with Gasteiger partial charge in [0.25, 0.3) is 0 Å². The van der Waals surface area contributed by atoms with E-state index >= 15 is 4.39 Å². The molecule has 0 spiro atoms. The fraction of sp³-hybridized carbons (Fsp3) is 0.360. The Bertz CT molecular complexity index is 1140. The Balaban J connectivity index is 2.07. The number of carbonyl (C=O) groups is 2. The molecular weight excluding hydrogens is 395 g/mol. The minimum absolute atomic E-state index is 0.0168. The van der Waals surface area contributed by atoms with Gasteiger partial charge in [-0.3, -0.25) is 4.79 Å². The van der Waals surface area contributed by atoms with Crippen LogP contribution in [0.15, 0.2) is 42.5 Å². The standard InChI is InChI=1S/C25H27FN2O3/c1-27(2)22(29)15-28-21-14-17(25(30)31)12-13-19(21)23(16-8-4-3-5-9-16)24(28)18-10-6-7-11-20(18)26/h6-7,10-14,16H,3-5,8-9,15H2,1-2H3,(H,30,31). The van der Waals surface area contributed by atoms with Gasteiger partial charge in [0.05, 0.1) is 16.8 Å². The van der Waals surface area contributed by atoms with Gasteiger partial charge in [0.2, 0.25) is 5.91 Å². The van der Waals surface area contributed by atoms with Crippen molar-refractivity contribution in [3.05, 3.63) is 59.4 Å². The predicted octanol–water partition coefficient (Wildman–Crippen LogP) is 5.28. The van der Waals surface area contributed by atoms with E-state index in [2.05, 4.69) is 0 Å². The van der Waals surface area contributed by atoms with E-state index in [1.54, 1.807) is 44.4 Å². The Morgan fingerprint density at radius 3 is 2.45 bits per heavy atom. The molecule has 6 heteroatoms. The molecule has 1 saturated carbocycles. The summed E-state index contributed by atoms with van der Waals surface area (Å²) in [5.41, 5.74) is 2.98. The zero-order chi connectivity index (χ0) is 22.1. The normalized spacial score (nSPS) is 14.7. The van der Waals surface area contributed by atoms with Gasteiger partial charge in [-0.2, -0.15) is 0 Å². The van der Waals surface area contributed by atoms with Crippen LogP contribution in [0.1, 0.15) is 53.9 Å². The second-order valence-corrected chi connectivity index (χ2v) is 8.49. The number of halogens is 1. The molecule has 1 amide bonds. The molecule has 4 rings (SSSR count). The van der Waals surface area contributed by atoms with E-state index in [0.29, 0.717) is 16.8 Å². The van der Waals surface area contributed by atoms with Crippen molar-refractivity contribution in [2.75, 3.05) is 14.1 Å². The number of carboxylic acids is 1. The van der Waals surface area contributed by atoms with Gasteiger partial charge in [0, 0.05) is 25.0 Å². The quantitative estimate of drug-likeness (QED) is 0.608. The molecule has 1 heterocycles. The maximum Gasteiger partial charge on any atom is 0.335 e. The average Bonchev–Trinajstić information content (AvgIpc) is 3.07. The van der Waals surface area contributed by atoms with E-state index in [-0.39, 0.29) is 29.8 Å². The van der Waals surface area contributed by atoms with Crippen molar-refractivity contribution in [3.8, 4) is 11.3 Å². The van der Waals surface area contributed by atoms with Crippen LogP contribution < -0.4 is 0 Å². The predicted molar refractivity (Wildman–Crippen MR) is 119 cm³/mol. The van der Waals surface area contributed by atoms with Gasteiger partial charge in [0.1, 0.15) is 12.4 Å². The summed E-state index contributed by atoms with van der Waals surface area (Å²) in [4.78, 5) is 25.9. The molecular formula is C25H27FN2O3. The second kappa shape index (κ2) is 8.53. The topological polar surface area (TPSA) is 62.5 Å². The Morgan fingerprint density at radius 1 is 1.10 bits per heavy atom. The fourth-order valence-electron chi connectivity index (χ4n) is 4.70. The van der Waals surface area contributed by atoms with Crippen LogP contribution in [-0.4, -0.2) is 40.5 Å². The number of aromatic nitrogens is 1. The van der Waals surface area contributed by atoms with Gasteiger partial charge in [-0.05, 0) is 48.6 Å². The number of fused-ring (bicyclic) bond motifs is 1. The van der Waals surface area contributed by atoms with Gasteiger partial charge < -0.3 is 14.6 Å². The number of likely N-dealkylation sites (N-methyl/N-ethyl adjacent to an activating group) is 1. The number of amides is 1. The number of rotatable bonds is 5. The molecule has 2 aromatic carbocycles. The molecule has 3 aromatic rings. The van der Waals surface area contributed by atoms with Crippen LogP contribution in [0.4, 0.5) is 4.39 Å². The number of nitrogens with zero attached hydrogens (tertiary/aromatic N) is 2. The third-order valence-corrected chi connectivity index (χ3v) is 6.29. The van der Waals surface area contributed by atoms with Crippen LogP contribution in [0, 0.1) is 5.82 Å². The van der Waals surface area contributed by atoms with E-state index < -0.39 is 5.97 Å². The molecule has 31 heavy (non-hydrogen) atoms. The van der Waals surface area contributed by atoms with E-state index in [1.165, 1.54) is 17.4 Å². The highest BCUT2D eigenvalue weighted by atomic mass is 19.1. The van der Waals surface area contributed by atoms with E-state index in [9.17, 15) is 14.7 Å². The lowest BCUT2D eigenvalue weighted by molar-refractivity contribution is -0.129. The Kier molecular flexibility index (Phi) is 5.81. The van der Waals surface area contributed by atoms with Crippen molar-refractivity contribution in [3.63, 3.8) is 0 Å². The second-order valence-electron chi connectivity index (χ2n) is 8.49. The van der Waals surface area contributed by atoms with Crippen LogP contribution in [-0.2, 0) is 11.3 Å². The molecule has 162 valence electrons. The Morgan fingerprint density at radius 2 is 1.81 bits per heavy atom. The average molecular weight is 423 g/mol. The SMILES string of the molecule is CN(C)C(=O)Cn1c(-c2ccccc2F)c(C2CCCCC2)c2ccc(C(=O)O)cc21.